The van der Waals surface area contributed by atoms with Gasteiger partial charge in [-0.15, -0.1) is 0 Å². The second-order valence-corrected chi connectivity index (χ2v) is 7.33. The van der Waals surface area contributed by atoms with Crippen LogP contribution in [-0.4, -0.2) is 33.7 Å². The van der Waals surface area contributed by atoms with Crippen LogP contribution in [0.15, 0.2) is 36.8 Å². The third-order valence-corrected chi connectivity index (χ3v) is 5.31. The molecule has 1 saturated carbocycles. The van der Waals surface area contributed by atoms with Crippen LogP contribution in [-0.2, 0) is 6.42 Å². The van der Waals surface area contributed by atoms with Gasteiger partial charge in [-0.3, -0.25) is 14.6 Å². The molecule has 2 atom stereocenters. The lowest BCUT2D eigenvalue weighted by Crippen LogP contribution is -2.20. The molecule has 1 aliphatic carbocycles. The monoisotopic (exact) mass is 362 g/mol. The predicted octanol–water partition coefficient (Wildman–Crippen LogP) is 3.14. The maximum absolute atomic E-state index is 12.7. The number of rotatable bonds is 6. The summed E-state index contributed by atoms with van der Waals surface area (Å²) in [6, 6.07) is 5.41. The molecule has 3 aromatic rings. The number of amides is 1. The number of nitrogens with zero attached hydrogens (tertiary/aromatic N) is 2. The molecule has 0 spiro atoms. The number of carbonyl (C=O) groups is 2. The maximum Gasteiger partial charge on any atom is 0.269 e. The van der Waals surface area contributed by atoms with E-state index in [4.69, 9.17) is 0 Å². The molecular weight excluding hydrogens is 340 g/mol. The molecule has 0 aliphatic heterocycles. The number of aromatic amines is 1. The molecule has 0 aromatic carbocycles. The van der Waals surface area contributed by atoms with Crippen molar-refractivity contribution in [3.8, 4) is 0 Å². The summed E-state index contributed by atoms with van der Waals surface area (Å²) in [6.45, 7) is 2.16. The number of hydrogen-bond donors (Lipinski definition) is 2. The Morgan fingerprint density at radius 3 is 2.85 bits per heavy atom. The largest absolute Gasteiger partial charge is 0.360 e. The highest BCUT2D eigenvalue weighted by Gasteiger charge is 2.34. The van der Waals surface area contributed by atoms with Gasteiger partial charge in [-0.1, -0.05) is 6.92 Å². The molecule has 3 heterocycles. The number of Topliss-reactive ketones (excluding diaryl/α,β-unsaturated/α-hetero) is 1. The second kappa shape index (κ2) is 6.95. The van der Waals surface area contributed by atoms with Gasteiger partial charge in [0.15, 0.2) is 5.78 Å². The molecule has 2 N–H and O–H groups in total. The molecular formula is C21H22N4O2. The zero-order chi connectivity index (χ0) is 19.0. The van der Waals surface area contributed by atoms with E-state index in [-0.39, 0.29) is 17.4 Å². The quantitative estimate of drug-likeness (QED) is 0.660. The molecule has 1 amide bonds. The third kappa shape index (κ3) is 3.60. The molecule has 27 heavy (non-hydrogen) atoms. The molecule has 3 aromatic heterocycles. The van der Waals surface area contributed by atoms with Crippen LogP contribution >= 0.6 is 0 Å². The van der Waals surface area contributed by atoms with Crippen molar-refractivity contribution in [2.24, 2.45) is 11.8 Å². The molecule has 138 valence electrons. The lowest BCUT2D eigenvalue weighted by molar-refractivity contribution is 0.0958. The third-order valence-electron chi connectivity index (χ3n) is 5.31. The minimum atomic E-state index is -0.288. The number of pyridine rings is 2. The Morgan fingerprint density at radius 2 is 2.11 bits per heavy atom. The highest BCUT2D eigenvalue weighted by molar-refractivity contribution is 6.00. The van der Waals surface area contributed by atoms with Crippen molar-refractivity contribution >= 4 is 22.6 Å². The molecule has 6 heteroatoms. The smallest absolute Gasteiger partial charge is 0.269 e. The van der Waals surface area contributed by atoms with Crippen molar-refractivity contribution in [1.82, 2.24) is 20.3 Å². The van der Waals surface area contributed by atoms with Crippen molar-refractivity contribution in [3.63, 3.8) is 0 Å². The van der Waals surface area contributed by atoms with Gasteiger partial charge in [0.2, 0.25) is 0 Å². The van der Waals surface area contributed by atoms with E-state index >= 15 is 0 Å². The van der Waals surface area contributed by atoms with Crippen LogP contribution in [0.25, 0.3) is 10.9 Å². The Balaban J connectivity index is 1.68. The average molecular weight is 362 g/mol. The number of aromatic nitrogens is 3. The summed E-state index contributed by atoms with van der Waals surface area (Å²) in [6.07, 6.45) is 7.60. The van der Waals surface area contributed by atoms with Crippen molar-refractivity contribution in [2.45, 2.75) is 26.2 Å². The summed E-state index contributed by atoms with van der Waals surface area (Å²) >= 11 is 0. The van der Waals surface area contributed by atoms with Crippen LogP contribution in [0.4, 0.5) is 0 Å². The lowest BCUT2D eigenvalue weighted by Gasteiger charge is -2.09. The number of fused-ring (bicyclic) bond motifs is 1. The van der Waals surface area contributed by atoms with Gasteiger partial charge in [-0.05, 0) is 42.0 Å². The van der Waals surface area contributed by atoms with Gasteiger partial charge >= 0.3 is 0 Å². The first-order valence-electron chi connectivity index (χ1n) is 9.21. The molecule has 0 bridgehead atoms. The van der Waals surface area contributed by atoms with E-state index in [9.17, 15) is 9.59 Å². The summed E-state index contributed by atoms with van der Waals surface area (Å²) < 4.78 is 0. The number of nitrogens with one attached hydrogen (secondary N) is 2. The zero-order valence-corrected chi connectivity index (χ0v) is 15.5. The Bertz CT molecular complexity index is 1020. The van der Waals surface area contributed by atoms with Crippen LogP contribution in [0.2, 0.25) is 0 Å². The van der Waals surface area contributed by atoms with E-state index in [0.717, 1.165) is 22.9 Å². The first kappa shape index (κ1) is 17.4. The fraction of sp³-hybridized carbons (Fsp3) is 0.333. The van der Waals surface area contributed by atoms with Crippen LogP contribution < -0.4 is 5.32 Å². The molecule has 6 nitrogen and oxygen atoms in total. The summed E-state index contributed by atoms with van der Waals surface area (Å²) in [5, 5.41) is 3.66. The van der Waals surface area contributed by atoms with Crippen molar-refractivity contribution in [3.05, 3.63) is 59.3 Å². The SMILES string of the molecule is CNC(=O)c1cc(C(=O)C[C@H]2C[C@@H]2C)cc(Cc2cncc3[nH]ccc23)n1. The fourth-order valence-electron chi connectivity index (χ4n) is 3.50. The zero-order valence-electron chi connectivity index (χ0n) is 15.5. The van der Waals surface area contributed by atoms with Gasteiger partial charge in [-0.25, -0.2) is 4.98 Å². The fourth-order valence-corrected chi connectivity index (χ4v) is 3.50. The minimum Gasteiger partial charge on any atom is -0.360 e. The average Bonchev–Trinajstić information content (AvgIpc) is 3.16. The van der Waals surface area contributed by atoms with Gasteiger partial charge in [0.1, 0.15) is 5.69 Å². The van der Waals surface area contributed by atoms with E-state index < -0.39 is 0 Å². The Labute approximate surface area is 157 Å². The molecule has 0 radical (unpaired) electrons. The molecule has 1 aliphatic rings. The first-order chi connectivity index (χ1) is 13.0. The van der Waals surface area contributed by atoms with Gasteiger partial charge < -0.3 is 10.3 Å². The Hall–Kier alpha value is -3.02. The summed E-state index contributed by atoms with van der Waals surface area (Å²) in [5.74, 6) is 0.876. The van der Waals surface area contributed by atoms with Crippen molar-refractivity contribution < 1.29 is 9.59 Å². The normalized spacial score (nSPS) is 18.4. The van der Waals surface area contributed by atoms with Crippen LogP contribution in [0.3, 0.4) is 0 Å². The predicted molar refractivity (Wildman–Crippen MR) is 103 cm³/mol. The molecule has 0 unspecified atom stereocenters. The molecule has 0 saturated heterocycles. The van der Waals surface area contributed by atoms with E-state index in [0.29, 0.717) is 35.9 Å². The van der Waals surface area contributed by atoms with E-state index in [1.807, 2.05) is 18.3 Å². The minimum absolute atomic E-state index is 0.0798. The number of hydrogen-bond acceptors (Lipinski definition) is 4. The maximum atomic E-state index is 12.7. The Morgan fingerprint density at radius 1 is 1.30 bits per heavy atom. The van der Waals surface area contributed by atoms with Crippen molar-refractivity contribution in [1.29, 1.82) is 0 Å². The van der Waals surface area contributed by atoms with E-state index in [1.165, 1.54) is 0 Å². The van der Waals surface area contributed by atoms with Gasteiger partial charge in [0.25, 0.3) is 5.91 Å². The van der Waals surface area contributed by atoms with Gasteiger partial charge in [0.05, 0.1) is 11.7 Å². The number of carbonyl (C=O) groups excluding carboxylic acids is 2. The summed E-state index contributed by atoms with van der Waals surface area (Å²) in [4.78, 5) is 36.7. The van der Waals surface area contributed by atoms with Crippen molar-refractivity contribution in [2.75, 3.05) is 7.05 Å². The first-order valence-corrected chi connectivity index (χ1v) is 9.21. The molecule has 4 rings (SSSR count). The van der Waals surface area contributed by atoms with E-state index in [1.54, 1.807) is 25.5 Å². The standard InChI is InChI=1S/C21H22N4O2/c1-12-5-13(12)9-20(26)14-6-16(25-18(8-14)21(27)22-2)7-15-10-23-11-19-17(15)3-4-24-19/h3-4,6,8,10-13,24H,5,7,9H2,1-2H3,(H,22,27)/t12-,13+/m0/s1. The highest BCUT2D eigenvalue weighted by Crippen LogP contribution is 2.41. The number of H-pyrrole nitrogens is 1. The number of ketones is 1. The lowest BCUT2D eigenvalue weighted by atomic mass is 10.0. The topological polar surface area (TPSA) is 87.7 Å². The summed E-state index contributed by atoms with van der Waals surface area (Å²) in [7, 11) is 1.56. The van der Waals surface area contributed by atoms with E-state index in [2.05, 4.69) is 27.2 Å². The summed E-state index contributed by atoms with van der Waals surface area (Å²) in [5.41, 5.74) is 3.49. The Kier molecular flexibility index (Phi) is 4.48. The van der Waals surface area contributed by atoms with Crippen LogP contribution in [0, 0.1) is 11.8 Å². The van der Waals surface area contributed by atoms with Crippen LogP contribution in [0.1, 0.15) is 51.9 Å². The van der Waals surface area contributed by atoms with Gasteiger partial charge in [0, 0.05) is 48.9 Å². The highest BCUT2D eigenvalue weighted by atomic mass is 16.1. The van der Waals surface area contributed by atoms with Crippen LogP contribution in [0.5, 0.6) is 0 Å². The second-order valence-electron chi connectivity index (χ2n) is 7.33. The molecule has 1 fully saturated rings. The van der Waals surface area contributed by atoms with Gasteiger partial charge in [-0.2, -0.15) is 0 Å².